The maximum Gasteiger partial charge on any atom is 0.325 e. The lowest BCUT2D eigenvalue weighted by Crippen LogP contribution is -2.63. The molecule has 0 spiro atoms. The van der Waals surface area contributed by atoms with Crippen LogP contribution in [-0.4, -0.2) is 53.9 Å². The first-order valence-corrected chi connectivity index (χ1v) is 5.02. The van der Waals surface area contributed by atoms with E-state index < -0.39 is 0 Å². The van der Waals surface area contributed by atoms with Crippen molar-refractivity contribution in [3.8, 4) is 0 Å². The average molecular weight is 210 g/mol. The zero-order valence-electron chi connectivity index (χ0n) is 8.80. The van der Waals surface area contributed by atoms with Gasteiger partial charge in [0, 0.05) is 13.6 Å². The molecule has 1 N–H and O–H groups in total. The van der Waals surface area contributed by atoms with Crippen molar-refractivity contribution < 1.29 is 9.59 Å². The van der Waals surface area contributed by atoms with Crippen molar-refractivity contribution in [3.63, 3.8) is 0 Å². The van der Waals surface area contributed by atoms with E-state index in [9.17, 15) is 9.59 Å². The average Bonchev–Trinajstić information content (AvgIpc) is 2.59. The van der Waals surface area contributed by atoms with Crippen LogP contribution < -0.4 is 5.32 Å². The second kappa shape index (κ2) is 3.52. The highest BCUT2D eigenvalue weighted by Crippen LogP contribution is 2.20. The van der Waals surface area contributed by atoms with Crippen LogP contribution in [0, 0.1) is 0 Å². The molecule has 0 bridgehead atoms. The van der Waals surface area contributed by atoms with E-state index in [2.05, 4.69) is 10.3 Å². The molecular weight excluding hydrogens is 196 g/mol. The number of nitrogens with zero attached hydrogens (tertiary/aromatic N) is 3. The van der Waals surface area contributed by atoms with Gasteiger partial charge in [-0.1, -0.05) is 6.92 Å². The van der Waals surface area contributed by atoms with Crippen LogP contribution in [-0.2, 0) is 4.79 Å². The van der Waals surface area contributed by atoms with Crippen LogP contribution in [0.3, 0.4) is 0 Å². The molecule has 2 aliphatic heterocycles. The van der Waals surface area contributed by atoms with Crippen LogP contribution in [0.2, 0.25) is 0 Å². The molecule has 0 aromatic rings. The van der Waals surface area contributed by atoms with E-state index in [0.717, 1.165) is 13.0 Å². The number of hydrogen-bond donors (Lipinski definition) is 1. The minimum Gasteiger partial charge on any atom is -0.347 e. The second-order valence-corrected chi connectivity index (χ2v) is 3.77. The smallest absolute Gasteiger partial charge is 0.325 e. The molecule has 2 heterocycles. The third kappa shape index (κ3) is 1.45. The number of likely N-dealkylation sites (N-methyl/N-ethyl adjacent to an activating group) is 1. The number of amides is 3. The lowest BCUT2D eigenvalue weighted by molar-refractivity contribution is -0.127. The second-order valence-electron chi connectivity index (χ2n) is 3.77. The molecule has 2 atom stereocenters. The van der Waals surface area contributed by atoms with Gasteiger partial charge in [0.15, 0.2) is 12.2 Å². The summed E-state index contributed by atoms with van der Waals surface area (Å²) in [7, 11) is 1.65. The molecule has 0 aromatic heterocycles. The molecule has 15 heavy (non-hydrogen) atoms. The van der Waals surface area contributed by atoms with Crippen molar-refractivity contribution in [2.45, 2.75) is 25.6 Å². The van der Waals surface area contributed by atoms with Gasteiger partial charge in [0.1, 0.15) is 0 Å². The van der Waals surface area contributed by atoms with E-state index in [1.165, 1.54) is 4.90 Å². The summed E-state index contributed by atoms with van der Waals surface area (Å²) in [5, 5.41) is 2.32. The monoisotopic (exact) mass is 210 g/mol. The Hall–Kier alpha value is -1.59. The molecule has 1 fully saturated rings. The van der Waals surface area contributed by atoms with Crippen molar-refractivity contribution in [2.75, 3.05) is 13.6 Å². The van der Waals surface area contributed by atoms with Crippen LogP contribution in [0.25, 0.3) is 0 Å². The minimum atomic E-state index is -0.378. The first-order chi connectivity index (χ1) is 7.15. The van der Waals surface area contributed by atoms with E-state index in [-0.39, 0.29) is 24.1 Å². The molecule has 2 aliphatic rings. The summed E-state index contributed by atoms with van der Waals surface area (Å²) in [4.78, 5) is 30.5. The van der Waals surface area contributed by atoms with Gasteiger partial charge >= 0.3 is 6.03 Å². The molecule has 0 saturated carbocycles. The molecule has 0 radical (unpaired) electrons. The van der Waals surface area contributed by atoms with Crippen molar-refractivity contribution in [1.29, 1.82) is 0 Å². The van der Waals surface area contributed by atoms with Crippen LogP contribution in [0.1, 0.15) is 13.3 Å². The summed E-state index contributed by atoms with van der Waals surface area (Å²) >= 11 is 0. The van der Waals surface area contributed by atoms with Crippen molar-refractivity contribution in [1.82, 2.24) is 15.1 Å². The summed E-state index contributed by atoms with van der Waals surface area (Å²) in [5.41, 5.74) is 0. The zero-order chi connectivity index (χ0) is 11.0. The van der Waals surface area contributed by atoms with Crippen LogP contribution in [0.5, 0.6) is 0 Å². The fourth-order valence-electron chi connectivity index (χ4n) is 1.92. The highest BCUT2D eigenvalue weighted by atomic mass is 16.2. The fourth-order valence-corrected chi connectivity index (χ4v) is 1.92. The number of rotatable bonds is 2. The van der Waals surface area contributed by atoms with Gasteiger partial charge < -0.3 is 9.80 Å². The van der Waals surface area contributed by atoms with Gasteiger partial charge in [0.05, 0.1) is 6.34 Å². The van der Waals surface area contributed by atoms with Crippen LogP contribution in [0.4, 0.5) is 4.79 Å². The summed E-state index contributed by atoms with van der Waals surface area (Å²) in [6.07, 6.45) is 2.24. The minimum absolute atomic E-state index is 0.256. The van der Waals surface area contributed by atoms with Crippen molar-refractivity contribution >= 4 is 18.3 Å². The number of carbonyl (C=O) groups is 2. The third-order valence-corrected chi connectivity index (χ3v) is 2.71. The Balaban J connectivity index is 2.20. The molecule has 2 unspecified atom stereocenters. The maximum atomic E-state index is 11.6. The quantitative estimate of drug-likeness (QED) is 0.675. The number of aliphatic imine (C=N–C) groups is 1. The Kier molecular flexibility index (Phi) is 2.34. The predicted octanol–water partition coefficient (Wildman–Crippen LogP) is -0.383. The van der Waals surface area contributed by atoms with Gasteiger partial charge in [-0.2, -0.15) is 0 Å². The van der Waals surface area contributed by atoms with E-state index in [4.69, 9.17) is 0 Å². The largest absolute Gasteiger partial charge is 0.347 e. The predicted molar refractivity (Wildman–Crippen MR) is 54.4 cm³/mol. The number of urea groups is 1. The molecule has 0 aromatic carbocycles. The van der Waals surface area contributed by atoms with Crippen molar-refractivity contribution in [2.24, 2.45) is 4.99 Å². The zero-order valence-corrected chi connectivity index (χ0v) is 8.80. The van der Waals surface area contributed by atoms with Crippen LogP contribution in [0.15, 0.2) is 4.99 Å². The standard InChI is InChI=1S/C9H14N4O2/c1-3-4-13-5-10-7-6(13)8(14)11-9(15)12(7)2/h5-7H,3-4H2,1-2H3,(H,11,14,15). The molecule has 2 rings (SSSR count). The normalized spacial score (nSPS) is 29.5. The van der Waals surface area contributed by atoms with E-state index in [0.29, 0.717) is 0 Å². The SMILES string of the molecule is CCCN1C=NC2C1C(=O)NC(=O)N2C. The summed E-state index contributed by atoms with van der Waals surface area (Å²) < 4.78 is 0. The summed E-state index contributed by atoms with van der Waals surface area (Å²) in [6.45, 7) is 2.82. The molecule has 6 nitrogen and oxygen atoms in total. The Bertz CT molecular complexity index is 328. The number of hydrogen-bond acceptors (Lipinski definition) is 4. The lowest BCUT2D eigenvalue weighted by Gasteiger charge is -2.35. The number of imide groups is 1. The van der Waals surface area contributed by atoms with Gasteiger partial charge in [0.2, 0.25) is 0 Å². The van der Waals surface area contributed by atoms with Gasteiger partial charge in [0.25, 0.3) is 5.91 Å². The van der Waals surface area contributed by atoms with Gasteiger partial charge in [-0.25, -0.2) is 9.79 Å². The Morgan fingerprint density at radius 1 is 1.53 bits per heavy atom. The molecule has 3 amide bonds. The molecule has 1 saturated heterocycles. The van der Waals surface area contributed by atoms with Crippen LogP contribution >= 0.6 is 0 Å². The first-order valence-electron chi connectivity index (χ1n) is 5.02. The Morgan fingerprint density at radius 3 is 2.93 bits per heavy atom. The first kappa shape index (κ1) is 9.95. The lowest BCUT2D eigenvalue weighted by atomic mass is 10.1. The Morgan fingerprint density at radius 2 is 2.27 bits per heavy atom. The van der Waals surface area contributed by atoms with E-state index >= 15 is 0 Å². The van der Waals surface area contributed by atoms with Gasteiger partial charge in [-0.05, 0) is 6.42 Å². The van der Waals surface area contributed by atoms with E-state index in [1.807, 2.05) is 11.8 Å². The van der Waals surface area contributed by atoms with Gasteiger partial charge in [-0.15, -0.1) is 0 Å². The highest BCUT2D eigenvalue weighted by molar-refractivity contribution is 6.01. The maximum absolute atomic E-state index is 11.6. The fraction of sp³-hybridized carbons (Fsp3) is 0.667. The Labute approximate surface area is 87.9 Å². The topological polar surface area (TPSA) is 65.0 Å². The molecule has 0 aliphatic carbocycles. The molecule has 82 valence electrons. The summed E-state index contributed by atoms with van der Waals surface area (Å²) in [6, 6.07) is -0.732. The number of fused-ring (bicyclic) bond motifs is 1. The summed E-state index contributed by atoms with van der Waals surface area (Å²) in [5.74, 6) is -0.256. The number of carbonyl (C=O) groups excluding carboxylic acids is 2. The third-order valence-electron chi connectivity index (χ3n) is 2.71. The highest BCUT2D eigenvalue weighted by Gasteiger charge is 2.44. The van der Waals surface area contributed by atoms with Gasteiger partial charge in [-0.3, -0.25) is 10.1 Å². The van der Waals surface area contributed by atoms with E-state index in [1.54, 1.807) is 13.4 Å². The molecular formula is C9H14N4O2. The number of nitrogens with one attached hydrogen (secondary N) is 1. The molecule has 6 heteroatoms. The van der Waals surface area contributed by atoms with Crippen molar-refractivity contribution in [3.05, 3.63) is 0 Å².